The zero-order valence-corrected chi connectivity index (χ0v) is 5.80. The van der Waals surface area contributed by atoms with Crippen LogP contribution in [0, 0.1) is 11.9 Å². The van der Waals surface area contributed by atoms with Crippen LogP contribution in [-0.2, 0) is 4.74 Å². The third kappa shape index (κ3) is 1.73. The van der Waals surface area contributed by atoms with E-state index in [-0.39, 0.29) is 5.56 Å². The average molecular weight is 154 g/mol. The standard InChI is InChI=1S/C7H5FNO2/c1-11-7(10)5-2-6(8)4-9-3-5/h3-4H,1H3. The molecule has 3 nitrogen and oxygen atoms in total. The first-order chi connectivity index (χ1) is 5.24. The van der Waals surface area contributed by atoms with Crippen molar-refractivity contribution in [3.8, 4) is 0 Å². The molecule has 0 fully saturated rings. The summed E-state index contributed by atoms with van der Waals surface area (Å²) in [5.74, 6) is -1.31. The Bertz CT molecular complexity index is 275. The second kappa shape index (κ2) is 3.09. The Morgan fingerprint density at radius 2 is 2.45 bits per heavy atom. The van der Waals surface area contributed by atoms with Gasteiger partial charge in [0.1, 0.15) is 5.82 Å². The molecule has 0 N–H and O–H groups in total. The molecule has 4 heteroatoms. The summed E-state index contributed by atoms with van der Waals surface area (Å²) in [5.41, 5.74) is -0.00694. The lowest BCUT2D eigenvalue weighted by Gasteiger charge is -1.95. The van der Waals surface area contributed by atoms with Gasteiger partial charge in [0.25, 0.3) is 0 Å². The van der Waals surface area contributed by atoms with Gasteiger partial charge in [0.05, 0.1) is 18.9 Å². The molecule has 0 spiro atoms. The van der Waals surface area contributed by atoms with E-state index in [1.165, 1.54) is 13.3 Å². The molecule has 0 saturated carbocycles. The number of rotatable bonds is 1. The largest absolute Gasteiger partial charge is 0.465 e. The van der Waals surface area contributed by atoms with E-state index in [1.807, 2.05) is 0 Å². The molecule has 0 aliphatic carbocycles. The quantitative estimate of drug-likeness (QED) is 0.562. The molecule has 0 aromatic carbocycles. The van der Waals surface area contributed by atoms with Gasteiger partial charge in [-0.25, -0.2) is 9.18 Å². The lowest BCUT2D eigenvalue weighted by atomic mass is 10.3. The molecule has 0 unspecified atom stereocenters. The third-order valence-corrected chi connectivity index (χ3v) is 1.05. The minimum absolute atomic E-state index is 0.00694. The highest BCUT2D eigenvalue weighted by molar-refractivity contribution is 5.88. The van der Waals surface area contributed by atoms with E-state index in [0.29, 0.717) is 0 Å². The van der Waals surface area contributed by atoms with Crippen molar-refractivity contribution in [1.29, 1.82) is 0 Å². The van der Waals surface area contributed by atoms with Crippen molar-refractivity contribution < 1.29 is 13.9 Å². The molecule has 1 radical (unpaired) electrons. The Morgan fingerprint density at radius 3 is 3.00 bits per heavy atom. The second-order valence-corrected chi connectivity index (χ2v) is 1.79. The number of aromatic nitrogens is 1. The topological polar surface area (TPSA) is 39.2 Å². The SMILES string of the molecule is COC(=O)c1[c]c(F)cnc1. The first kappa shape index (κ1) is 7.65. The number of carbonyl (C=O) groups is 1. The summed E-state index contributed by atoms with van der Waals surface area (Å²) in [6.45, 7) is 0. The predicted octanol–water partition coefficient (Wildman–Crippen LogP) is 0.807. The van der Waals surface area contributed by atoms with Gasteiger partial charge in [-0.2, -0.15) is 0 Å². The van der Waals surface area contributed by atoms with E-state index < -0.39 is 11.8 Å². The van der Waals surface area contributed by atoms with Crippen LogP contribution in [-0.4, -0.2) is 18.1 Å². The number of methoxy groups -OCH3 is 1. The van der Waals surface area contributed by atoms with Gasteiger partial charge in [0, 0.05) is 12.3 Å². The second-order valence-electron chi connectivity index (χ2n) is 1.79. The van der Waals surface area contributed by atoms with Crippen molar-refractivity contribution in [2.75, 3.05) is 7.11 Å². The minimum atomic E-state index is -0.673. The van der Waals surface area contributed by atoms with Gasteiger partial charge >= 0.3 is 5.97 Å². The van der Waals surface area contributed by atoms with E-state index in [1.54, 1.807) is 0 Å². The number of esters is 1. The monoisotopic (exact) mass is 154 g/mol. The van der Waals surface area contributed by atoms with Crippen LogP contribution in [0.2, 0.25) is 0 Å². The fourth-order valence-corrected chi connectivity index (χ4v) is 0.584. The predicted molar refractivity (Wildman–Crippen MR) is 34.4 cm³/mol. The molecule has 0 atom stereocenters. The first-order valence-electron chi connectivity index (χ1n) is 2.85. The maximum Gasteiger partial charge on any atom is 0.340 e. The Hall–Kier alpha value is -1.45. The number of hydrogen-bond acceptors (Lipinski definition) is 3. The molecule has 0 aliphatic rings. The number of hydrogen-bond donors (Lipinski definition) is 0. The molecule has 1 aromatic rings. The number of ether oxygens (including phenoxy) is 1. The van der Waals surface area contributed by atoms with Crippen LogP contribution >= 0.6 is 0 Å². The van der Waals surface area contributed by atoms with E-state index in [4.69, 9.17) is 0 Å². The van der Waals surface area contributed by atoms with Gasteiger partial charge in [-0.05, 0) is 0 Å². The molecule has 1 rings (SSSR count). The molecule has 0 aliphatic heterocycles. The van der Waals surface area contributed by atoms with Crippen LogP contribution in [0.25, 0.3) is 0 Å². The Balaban J connectivity index is 2.96. The summed E-state index contributed by atoms with van der Waals surface area (Å²) in [4.78, 5) is 14.2. The molecule has 57 valence electrons. The van der Waals surface area contributed by atoms with Gasteiger partial charge in [-0.15, -0.1) is 0 Å². The number of nitrogens with zero attached hydrogens (tertiary/aromatic N) is 1. The van der Waals surface area contributed by atoms with Crippen LogP contribution in [0.15, 0.2) is 12.4 Å². The summed E-state index contributed by atoms with van der Waals surface area (Å²) in [7, 11) is 1.21. The highest BCUT2D eigenvalue weighted by Crippen LogP contribution is 2.00. The van der Waals surface area contributed by atoms with Gasteiger partial charge < -0.3 is 4.74 Å². The van der Waals surface area contributed by atoms with E-state index in [0.717, 1.165) is 6.20 Å². The zero-order chi connectivity index (χ0) is 8.27. The smallest absolute Gasteiger partial charge is 0.340 e. The average Bonchev–Trinajstić information content (AvgIpc) is 2.03. The van der Waals surface area contributed by atoms with Crippen LogP contribution in [0.4, 0.5) is 4.39 Å². The summed E-state index contributed by atoms with van der Waals surface area (Å²) in [5, 5.41) is 0. The molecule has 0 amide bonds. The Morgan fingerprint density at radius 1 is 1.73 bits per heavy atom. The highest BCUT2D eigenvalue weighted by atomic mass is 19.1. The van der Waals surface area contributed by atoms with Crippen LogP contribution in [0.3, 0.4) is 0 Å². The van der Waals surface area contributed by atoms with Gasteiger partial charge in [-0.3, -0.25) is 4.98 Å². The fraction of sp³-hybridized carbons (Fsp3) is 0.143. The van der Waals surface area contributed by atoms with E-state index in [2.05, 4.69) is 15.8 Å². The summed E-state index contributed by atoms with van der Waals surface area (Å²) >= 11 is 0. The first-order valence-corrected chi connectivity index (χ1v) is 2.85. The van der Waals surface area contributed by atoms with Gasteiger partial charge in [0.2, 0.25) is 0 Å². The maximum atomic E-state index is 12.3. The number of pyridine rings is 1. The molecular formula is C7H5FNO2. The lowest BCUT2D eigenvalue weighted by Crippen LogP contribution is -2.02. The summed E-state index contributed by atoms with van der Waals surface area (Å²) in [6.07, 6.45) is 2.15. The Labute approximate surface area is 62.8 Å². The van der Waals surface area contributed by atoms with Gasteiger partial charge in [0.15, 0.2) is 0 Å². The van der Waals surface area contributed by atoms with Crippen LogP contribution in [0.1, 0.15) is 10.4 Å². The summed E-state index contributed by atoms with van der Waals surface area (Å²) < 4.78 is 16.7. The molecule has 11 heavy (non-hydrogen) atoms. The van der Waals surface area contributed by atoms with Crippen molar-refractivity contribution >= 4 is 5.97 Å². The Kier molecular flexibility index (Phi) is 2.15. The highest BCUT2D eigenvalue weighted by Gasteiger charge is 2.05. The van der Waals surface area contributed by atoms with Crippen molar-refractivity contribution in [1.82, 2.24) is 4.98 Å². The van der Waals surface area contributed by atoms with Crippen molar-refractivity contribution in [3.63, 3.8) is 0 Å². The summed E-state index contributed by atoms with van der Waals surface area (Å²) in [6, 6.07) is 2.15. The molecule has 1 heterocycles. The van der Waals surface area contributed by atoms with Crippen molar-refractivity contribution in [2.24, 2.45) is 0 Å². The minimum Gasteiger partial charge on any atom is -0.465 e. The van der Waals surface area contributed by atoms with E-state index in [9.17, 15) is 9.18 Å². The van der Waals surface area contributed by atoms with Gasteiger partial charge in [-0.1, -0.05) is 0 Å². The molecular weight excluding hydrogens is 149 g/mol. The number of carbonyl (C=O) groups excluding carboxylic acids is 1. The maximum absolute atomic E-state index is 12.3. The number of halogens is 1. The molecule has 0 saturated heterocycles. The van der Waals surface area contributed by atoms with Crippen molar-refractivity contribution in [3.05, 3.63) is 29.8 Å². The van der Waals surface area contributed by atoms with E-state index >= 15 is 0 Å². The normalized spacial score (nSPS) is 9.27. The van der Waals surface area contributed by atoms with Crippen LogP contribution < -0.4 is 0 Å². The third-order valence-electron chi connectivity index (χ3n) is 1.05. The lowest BCUT2D eigenvalue weighted by molar-refractivity contribution is 0.0599. The molecule has 0 bridgehead atoms. The molecule has 1 aromatic heterocycles. The zero-order valence-electron chi connectivity index (χ0n) is 5.80. The van der Waals surface area contributed by atoms with Crippen molar-refractivity contribution in [2.45, 2.75) is 0 Å². The fourth-order valence-electron chi connectivity index (χ4n) is 0.584. The van der Waals surface area contributed by atoms with Crippen LogP contribution in [0.5, 0.6) is 0 Å².